The van der Waals surface area contributed by atoms with Crippen molar-refractivity contribution in [3.8, 4) is 0 Å². The number of amides is 2. The number of benzene rings is 2. The molecule has 0 aromatic heterocycles. The molecule has 24 heavy (non-hydrogen) atoms. The van der Waals surface area contributed by atoms with Crippen molar-refractivity contribution in [2.24, 2.45) is 0 Å². The number of carbonyl (C=O) groups is 3. The van der Waals surface area contributed by atoms with Crippen LogP contribution in [0.1, 0.15) is 33.2 Å². The maximum Gasteiger partial charge on any atom is 0.361 e. The summed E-state index contributed by atoms with van der Waals surface area (Å²) in [6.45, 7) is 1.72. The average Bonchev–Trinajstić information content (AvgIpc) is 2.86. The van der Waals surface area contributed by atoms with E-state index in [0.717, 1.165) is 5.56 Å². The van der Waals surface area contributed by atoms with Crippen LogP contribution in [0.25, 0.3) is 0 Å². The Morgan fingerprint density at radius 3 is 2.08 bits per heavy atom. The molecule has 2 aromatic carbocycles. The van der Waals surface area contributed by atoms with E-state index in [1.807, 2.05) is 30.3 Å². The standard InChI is InChI=1S/C18H15NO5/c1-12(23-11-13-7-3-2-4-8-13)18(22)24-19-16(20)14-9-5-6-10-15(14)17(19)21/h2-10,12H,11H2,1H3. The van der Waals surface area contributed by atoms with Crippen molar-refractivity contribution in [3.05, 3.63) is 71.3 Å². The topological polar surface area (TPSA) is 72.9 Å². The highest BCUT2D eigenvalue weighted by Gasteiger charge is 2.39. The number of nitrogens with zero attached hydrogens (tertiary/aromatic N) is 1. The number of hydrogen-bond donors (Lipinski definition) is 0. The number of hydroxylamine groups is 2. The molecular formula is C18H15NO5. The molecule has 122 valence electrons. The van der Waals surface area contributed by atoms with E-state index in [2.05, 4.69) is 0 Å². The Bertz CT molecular complexity index is 752. The van der Waals surface area contributed by atoms with Gasteiger partial charge in [0.25, 0.3) is 11.8 Å². The summed E-state index contributed by atoms with van der Waals surface area (Å²) in [6.07, 6.45) is -0.922. The average molecular weight is 325 g/mol. The van der Waals surface area contributed by atoms with Crippen LogP contribution in [0.15, 0.2) is 54.6 Å². The van der Waals surface area contributed by atoms with Gasteiger partial charge in [0, 0.05) is 0 Å². The molecule has 1 aliphatic rings. The Morgan fingerprint density at radius 2 is 1.50 bits per heavy atom. The molecule has 1 aliphatic heterocycles. The summed E-state index contributed by atoms with van der Waals surface area (Å²) < 4.78 is 5.42. The lowest BCUT2D eigenvalue weighted by atomic mass is 10.1. The van der Waals surface area contributed by atoms with E-state index >= 15 is 0 Å². The zero-order chi connectivity index (χ0) is 17.1. The normalized spacial score (nSPS) is 14.5. The summed E-state index contributed by atoms with van der Waals surface area (Å²) in [5.41, 5.74) is 1.33. The van der Waals surface area contributed by atoms with Gasteiger partial charge in [-0.1, -0.05) is 47.5 Å². The molecule has 2 amide bonds. The predicted octanol–water partition coefficient (Wildman–Crippen LogP) is 2.35. The Morgan fingerprint density at radius 1 is 0.958 bits per heavy atom. The fraction of sp³-hybridized carbons (Fsp3) is 0.167. The van der Waals surface area contributed by atoms with Gasteiger partial charge in [-0.3, -0.25) is 9.59 Å². The van der Waals surface area contributed by atoms with E-state index in [0.29, 0.717) is 5.06 Å². The molecule has 0 N–H and O–H groups in total. The molecule has 3 rings (SSSR count). The minimum absolute atomic E-state index is 0.216. The number of fused-ring (bicyclic) bond motifs is 1. The Labute approximate surface area is 138 Å². The molecule has 0 fully saturated rings. The van der Waals surface area contributed by atoms with Crippen LogP contribution in [0.5, 0.6) is 0 Å². The molecule has 6 heteroatoms. The van der Waals surface area contributed by atoms with E-state index < -0.39 is 23.9 Å². The van der Waals surface area contributed by atoms with Crippen LogP contribution in [0.2, 0.25) is 0 Å². The van der Waals surface area contributed by atoms with Crippen molar-refractivity contribution in [2.75, 3.05) is 0 Å². The molecule has 6 nitrogen and oxygen atoms in total. The van der Waals surface area contributed by atoms with Gasteiger partial charge in [0.1, 0.15) is 0 Å². The lowest BCUT2D eigenvalue weighted by Gasteiger charge is -2.16. The molecule has 0 bridgehead atoms. The van der Waals surface area contributed by atoms with E-state index in [9.17, 15) is 14.4 Å². The van der Waals surface area contributed by atoms with E-state index in [-0.39, 0.29) is 17.7 Å². The third kappa shape index (κ3) is 3.04. The first kappa shape index (κ1) is 15.9. The third-order valence-electron chi connectivity index (χ3n) is 3.61. The van der Waals surface area contributed by atoms with Gasteiger partial charge in [-0.2, -0.15) is 0 Å². The van der Waals surface area contributed by atoms with Crippen molar-refractivity contribution in [3.63, 3.8) is 0 Å². The fourth-order valence-corrected chi connectivity index (χ4v) is 2.28. The summed E-state index contributed by atoms with van der Waals surface area (Å²) >= 11 is 0. The first-order valence-corrected chi connectivity index (χ1v) is 7.43. The maximum atomic E-state index is 12.1. The number of ether oxygens (including phenoxy) is 1. The fourth-order valence-electron chi connectivity index (χ4n) is 2.28. The molecule has 0 saturated heterocycles. The van der Waals surface area contributed by atoms with Gasteiger partial charge in [-0.05, 0) is 24.6 Å². The molecule has 0 radical (unpaired) electrons. The zero-order valence-corrected chi connectivity index (χ0v) is 13.0. The number of hydrogen-bond acceptors (Lipinski definition) is 5. The molecule has 0 saturated carbocycles. The van der Waals surface area contributed by atoms with Crippen LogP contribution in [0.4, 0.5) is 0 Å². The smallest absolute Gasteiger partial charge is 0.361 e. The summed E-state index contributed by atoms with van der Waals surface area (Å²) in [5, 5.41) is 0.482. The van der Waals surface area contributed by atoms with Gasteiger partial charge in [0.2, 0.25) is 0 Å². The molecule has 1 atom stereocenters. The number of imide groups is 1. The van der Waals surface area contributed by atoms with Crippen LogP contribution in [-0.4, -0.2) is 29.0 Å². The summed E-state index contributed by atoms with van der Waals surface area (Å²) in [5.74, 6) is -2.11. The second-order valence-electron chi connectivity index (χ2n) is 5.30. The largest absolute Gasteiger partial charge is 0.362 e. The highest BCUT2D eigenvalue weighted by atomic mass is 16.7. The molecule has 0 spiro atoms. The minimum Gasteiger partial charge on any atom is -0.362 e. The monoisotopic (exact) mass is 325 g/mol. The number of carbonyl (C=O) groups excluding carboxylic acids is 3. The summed E-state index contributed by atoms with van der Waals surface area (Å²) in [7, 11) is 0. The van der Waals surface area contributed by atoms with Crippen LogP contribution in [-0.2, 0) is 21.0 Å². The van der Waals surface area contributed by atoms with E-state index in [1.54, 1.807) is 12.1 Å². The van der Waals surface area contributed by atoms with Gasteiger partial charge in [0.15, 0.2) is 6.10 Å². The Kier molecular flexibility index (Phi) is 4.39. The lowest BCUT2D eigenvalue weighted by Crippen LogP contribution is -2.36. The van der Waals surface area contributed by atoms with Crippen molar-refractivity contribution >= 4 is 17.8 Å². The lowest BCUT2D eigenvalue weighted by molar-refractivity contribution is -0.181. The summed E-state index contributed by atoms with van der Waals surface area (Å²) in [4.78, 5) is 41.3. The second-order valence-corrected chi connectivity index (χ2v) is 5.30. The van der Waals surface area contributed by atoms with Gasteiger partial charge in [0.05, 0.1) is 17.7 Å². The van der Waals surface area contributed by atoms with E-state index in [1.165, 1.54) is 19.1 Å². The quantitative estimate of drug-likeness (QED) is 0.789. The first-order chi connectivity index (χ1) is 11.6. The Hall–Kier alpha value is -2.99. The van der Waals surface area contributed by atoms with E-state index in [4.69, 9.17) is 9.57 Å². The maximum absolute atomic E-state index is 12.1. The van der Waals surface area contributed by atoms with Gasteiger partial charge >= 0.3 is 5.97 Å². The first-order valence-electron chi connectivity index (χ1n) is 7.43. The SMILES string of the molecule is CC(OCc1ccccc1)C(=O)ON1C(=O)c2ccccc2C1=O. The van der Waals surface area contributed by atoms with Crippen LogP contribution < -0.4 is 0 Å². The van der Waals surface area contributed by atoms with Crippen molar-refractivity contribution in [1.29, 1.82) is 0 Å². The highest BCUT2D eigenvalue weighted by molar-refractivity contribution is 6.20. The minimum atomic E-state index is -0.922. The molecule has 1 heterocycles. The van der Waals surface area contributed by atoms with Crippen LogP contribution in [0.3, 0.4) is 0 Å². The molecular weight excluding hydrogens is 310 g/mol. The van der Waals surface area contributed by atoms with Gasteiger partial charge in [-0.25, -0.2) is 4.79 Å². The zero-order valence-electron chi connectivity index (χ0n) is 13.0. The molecule has 1 unspecified atom stereocenters. The van der Waals surface area contributed by atoms with Gasteiger partial charge in [-0.15, -0.1) is 0 Å². The molecule has 0 aliphatic carbocycles. The number of rotatable bonds is 5. The van der Waals surface area contributed by atoms with Crippen molar-refractivity contribution in [1.82, 2.24) is 5.06 Å². The van der Waals surface area contributed by atoms with Crippen LogP contribution >= 0.6 is 0 Å². The second kappa shape index (κ2) is 6.64. The van der Waals surface area contributed by atoms with Crippen molar-refractivity contribution in [2.45, 2.75) is 19.6 Å². The highest BCUT2D eigenvalue weighted by Crippen LogP contribution is 2.23. The predicted molar refractivity (Wildman–Crippen MR) is 83.7 cm³/mol. The van der Waals surface area contributed by atoms with Crippen molar-refractivity contribution < 1.29 is 24.0 Å². The molecule has 2 aromatic rings. The summed E-state index contributed by atoms with van der Waals surface area (Å²) in [6, 6.07) is 15.6. The van der Waals surface area contributed by atoms with Gasteiger partial charge < -0.3 is 9.57 Å². The Balaban J connectivity index is 1.61. The third-order valence-corrected chi connectivity index (χ3v) is 3.61. The van der Waals surface area contributed by atoms with Crippen LogP contribution in [0, 0.1) is 0 Å².